The van der Waals surface area contributed by atoms with Gasteiger partial charge in [0.05, 0.1) is 26.8 Å². The molecule has 0 spiro atoms. The van der Waals surface area contributed by atoms with Gasteiger partial charge >= 0.3 is 0 Å². The molecule has 5 nitrogen and oxygen atoms in total. The second-order valence-electron chi connectivity index (χ2n) is 6.78. The highest BCUT2D eigenvalue weighted by molar-refractivity contribution is 7.10. The molecule has 0 saturated carbocycles. The number of ether oxygens (including phenoxy) is 2. The van der Waals surface area contributed by atoms with Crippen molar-refractivity contribution in [2.24, 2.45) is 0 Å². The smallest absolute Gasteiger partial charge is 0.234 e. The number of hydrogen-bond donors (Lipinski definition) is 1. The lowest BCUT2D eigenvalue weighted by atomic mass is 10.1. The quantitative estimate of drug-likeness (QED) is 0.577. The monoisotopic (exact) mass is 410 g/mol. The predicted octanol–water partition coefficient (Wildman–Crippen LogP) is 4.10. The van der Waals surface area contributed by atoms with E-state index in [4.69, 9.17) is 9.47 Å². The minimum Gasteiger partial charge on any atom is -0.497 e. The van der Waals surface area contributed by atoms with Gasteiger partial charge in [-0.05, 0) is 30.1 Å². The van der Waals surface area contributed by atoms with Gasteiger partial charge in [-0.2, -0.15) is 0 Å². The first-order valence-electron chi connectivity index (χ1n) is 9.38. The van der Waals surface area contributed by atoms with Gasteiger partial charge in [-0.3, -0.25) is 9.69 Å². The number of benzene rings is 2. The summed E-state index contributed by atoms with van der Waals surface area (Å²) in [6.45, 7) is 0.874. The molecule has 6 heteroatoms. The van der Waals surface area contributed by atoms with Crippen molar-refractivity contribution in [2.45, 2.75) is 12.6 Å². The number of methoxy groups -OCH3 is 2. The predicted molar refractivity (Wildman–Crippen MR) is 117 cm³/mol. The van der Waals surface area contributed by atoms with E-state index in [9.17, 15) is 4.79 Å². The Morgan fingerprint density at radius 2 is 1.86 bits per heavy atom. The number of nitrogens with one attached hydrogen (secondary N) is 1. The number of carbonyl (C=O) groups is 1. The summed E-state index contributed by atoms with van der Waals surface area (Å²) in [5, 5.41) is 5.21. The molecule has 1 amide bonds. The van der Waals surface area contributed by atoms with Crippen LogP contribution in [0.1, 0.15) is 22.0 Å². The van der Waals surface area contributed by atoms with E-state index in [1.807, 2.05) is 71.9 Å². The van der Waals surface area contributed by atoms with Gasteiger partial charge in [0, 0.05) is 23.1 Å². The van der Waals surface area contributed by atoms with Crippen LogP contribution < -0.4 is 14.8 Å². The first kappa shape index (κ1) is 20.9. The van der Waals surface area contributed by atoms with E-state index >= 15 is 0 Å². The second kappa shape index (κ2) is 10.1. The molecule has 0 saturated heterocycles. The van der Waals surface area contributed by atoms with Crippen LogP contribution in [-0.2, 0) is 11.3 Å². The highest BCUT2D eigenvalue weighted by Gasteiger charge is 2.19. The van der Waals surface area contributed by atoms with Crippen molar-refractivity contribution >= 4 is 17.2 Å². The van der Waals surface area contributed by atoms with Crippen molar-refractivity contribution < 1.29 is 14.3 Å². The SMILES string of the molecule is COc1ccc(CN(C)CC(=O)N[C@@H](c2ccccc2)c2cccs2)c(OC)c1. The van der Waals surface area contributed by atoms with E-state index < -0.39 is 0 Å². The molecule has 1 atom stereocenters. The third-order valence-corrected chi connectivity index (χ3v) is 5.55. The first-order valence-corrected chi connectivity index (χ1v) is 10.3. The average molecular weight is 411 g/mol. The molecule has 0 bridgehead atoms. The molecule has 0 aliphatic carbocycles. The summed E-state index contributed by atoms with van der Waals surface area (Å²) in [7, 11) is 5.18. The lowest BCUT2D eigenvalue weighted by molar-refractivity contribution is -0.122. The van der Waals surface area contributed by atoms with Gasteiger partial charge in [0.15, 0.2) is 0 Å². The van der Waals surface area contributed by atoms with Crippen LogP contribution in [0.25, 0.3) is 0 Å². The van der Waals surface area contributed by atoms with Gasteiger partial charge in [0.2, 0.25) is 5.91 Å². The summed E-state index contributed by atoms with van der Waals surface area (Å²) in [5.74, 6) is 1.47. The lowest BCUT2D eigenvalue weighted by Crippen LogP contribution is -2.37. The molecule has 0 aliphatic rings. The zero-order valence-corrected chi connectivity index (χ0v) is 17.7. The summed E-state index contributed by atoms with van der Waals surface area (Å²) in [6.07, 6.45) is 0. The lowest BCUT2D eigenvalue weighted by Gasteiger charge is -2.22. The van der Waals surface area contributed by atoms with E-state index in [1.54, 1.807) is 25.6 Å². The van der Waals surface area contributed by atoms with Crippen LogP contribution >= 0.6 is 11.3 Å². The normalized spacial score (nSPS) is 11.9. The van der Waals surface area contributed by atoms with Crippen LogP contribution in [0.5, 0.6) is 11.5 Å². The molecule has 1 heterocycles. The second-order valence-corrected chi connectivity index (χ2v) is 7.76. The zero-order chi connectivity index (χ0) is 20.6. The van der Waals surface area contributed by atoms with E-state index in [1.165, 1.54) is 0 Å². The Kier molecular flexibility index (Phi) is 7.27. The van der Waals surface area contributed by atoms with E-state index in [-0.39, 0.29) is 18.5 Å². The molecule has 2 aromatic carbocycles. The molecule has 0 fully saturated rings. The molecular weight excluding hydrogens is 384 g/mol. The van der Waals surface area contributed by atoms with Gasteiger partial charge in [-0.25, -0.2) is 0 Å². The van der Waals surface area contributed by atoms with Gasteiger partial charge in [-0.15, -0.1) is 11.3 Å². The minimum absolute atomic E-state index is 0.0257. The van der Waals surface area contributed by atoms with Gasteiger partial charge in [0.1, 0.15) is 11.5 Å². The van der Waals surface area contributed by atoms with Crippen LogP contribution in [0.15, 0.2) is 66.0 Å². The fourth-order valence-corrected chi connectivity index (χ4v) is 4.00. The van der Waals surface area contributed by atoms with Crippen LogP contribution in [-0.4, -0.2) is 38.6 Å². The maximum atomic E-state index is 12.8. The van der Waals surface area contributed by atoms with Gasteiger partial charge in [0.25, 0.3) is 0 Å². The summed E-state index contributed by atoms with van der Waals surface area (Å²) in [6, 6.07) is 19.7. The van der Waals surface area contributed by atoms with Gasteiger partial charge in [-0.1, -0.05) is 42.5 Å². The van der Waals surface area contributed by atoms with Crippen molar-refractivity contribution in [3.05, 3.63) is 82.0 Å². The van der Waals surface area contributed by atoms with Crippen LogP contribution in [0, 0.1) is 0 Å². The highest BCUT2D eigenvalue weighted by atomic mass is 32.1. The van der Waals surface area contributed by atoms with Gasteiger partial charge < -0.3 is 14.8 Å². The largest absolute Gasteiger partial charge is 0.497 e. The van der Waals surface area contributed by atoms with Crippen LogP contribution in [0.4, 0.5) is 0 Å². The van der Waals surface area contributed by atoms with E-state index in [0.717, 1.165) is 27.5 Å². The molecule has 0 unspecified atom stereocenters. The van der Waals surface area contributed by atoms with Crippen LogP contribution in [0.2, 0.25) is 0 Å². The molecule has 3 aromatic rings. The zero-order valence-electron chi connectivity index (χ0n) is 16.9. The molecule has 0 aliphatic heterocycles. The first-order chi connectivity index (χ1) is 14.1. The number of carbonyl (C=O) groups excluding carboxylic acids is 1. The van der Waals surface area contributed by atoms with Crippen molar-refractivity contribution in [1.29, 1.82) is 0 Å². The standard InChI is InChI=1S/C23H26N2O3S/c1-25(15-18-11-12-19(27-2)14-20(18)28-3)16-22(26)24-23(21-10-7-13-29-21)17-8-5-4-6-9-17/h4-14,23H,15-16H2,1-3H3,(H,24,26)/t23-/m0/s1. The Bertz CT molecular complexity index is 913. The molecular formula is C23H26N2O3S. The van der Waals surface area contributed by atoms with Crippen molar-refractivity contribution in [3.8, 4) is 11.5 Å². The molecule has 152 valence electrons. The third-order valence-electron chi connectivity index (χ3n) is 4.61. The number of amides is 1. The fourth-order valence-electron chi connectivity index (χ4n) is 3.20. The Morgan fingerprint density at radius 3 is 2.52 bits per heavy atom. The fraction of sp³-hybridized carbons (Fsp3) is 0.261. The number of likely N-dealkylation sites (N-methyl/N-ethyl adjacent to an activating group) is 1. The average Bonchev–Trinajstić information content (AvgIpc) is 3.27. The number of rotatable bonds is 9. The summed E-state index contributed by atoms with van der Waals surface area (Å²) >= 11 is 1.64. The maximum absolute atomic E-state index is 12.8. The Balaban J connectivity index is 1.66. The molecule has 0 radical (unpaired) electrons. The topological polar surface area (TPSA) is 50.8 Å². The molecule has 1 N–H and O–H groups in total. The number of hydrogen-bond acceptors (Lipinski definition) is 5. The summed E-state index contributed by atoms with van der Waals surface area (Å²) < 4.78 is 10.7. The third kappa shape index (κ3) is 5.59. The maximum Gasteiger partial charge on any atom is 0.234 e. The molecule has 1 aromatic heterocycles. The van der Waals surface area contributed by atoms with Crippen molar-refractivity contribution in [1.82, 2.24) is 10.2 Å². The number of thiophene rings is 1. The van der Waals surface area contributed by atoms with E-state index in [2.05, 4.69) is 11.4 Å². The highest BCUT2D eigenvalue weighted by Crippen LogP contribution is 2.27. The van der Waals surface area contributed by atoms with Crippen molar-refractivity contribution in [3.63, 3.8) is 0 Å². The van der Waals surface area contributed by atoms with E-state index in [0.29, 0.717) is 6.54 Å². The molecule has 29 heavy (non-hydrogen) atoms. The Labute approximate surface area is 175 Å². The Morgan fingerprint density at radius 1 is 1.07 bits per heavy atom. The summed E-state index contributed by atoms with van der Waals surface area (Å²) in [4.78, 5) is 15.9. The van der Waals surface area contributed by atoms with Crippen molar-refractivity contribution in [2.75, 3.05) is 27.8 Å². The minimum atomic E-state index is -0.146. The summed E-state index contributed by atoms with van der Waals surface area (Å²) in [5.41, 5.74) is 2.07. The Hall–Kier alpha value is -2.83. The molecule has 3 rings (SSSR count). The number of nitrogens with zero attached hydrogens (tertiary/aromatic N) is 1. The van der Waals surface area contributed by atoms with Crippen LogP contribution in [0.3, 0.4) is 0 Å².